The molecule has 0 N–H and O–H groups in total. The van der Waals surface area contributed by atoms with Gasteiger partial charge in [0.1, 0.15) is 0 Å². The van der Waals surface area contributed by atoms with E-state index in [1.807, 2.05) is 43.3 Å². The average Bonchev–Trinajstić information content (AvgIpc) is 3.21. The quantitative estimate of drug-likeness (QED) is 0.425. The van der Waals surface area contributed by atoms with E-state index in [1.165, 1.54) is 11.1 Å². The lowest BCUT2D eigenvalue weighted by atomic mass is 9.89. The summed E-state index contributed by atoms with van der Waals surface area (Å²) in [5.74, 6) is 0. The number of allylic oxidation sites excluding steroid dienone is 1. The Labute approximate surface area is 175 Å². The second-order valence-electron chi connectivity index (χ2n) is 8.52. The van der Waals surface area contributed by atoms with Gasteiger partial charge in [-0.1, -0.05) is 48.0 Å². The molecule has 30 heavy (non-hydrogen) atoms. The Morgan fingerprint density at radius 1 is 1.10 bits per heavy atom. The minimum absolute atomic E-state index is 0.460. The van der Waals surface area contributed by atoms with Crippen LogP contribution < -0.4 is 0 Å². The fourth-order valence-corrected chi connectivity index (χ4v) is 10.2. The zero-order chi connectivity index (χ0) is 21.9. The maximum Gasteiger partial charge on any atom is 0.522 e. The van der Waals surface area contributed by atoms with Crippen LogP contribution >= 0.6 is 0 Å². The van der Waals surface area contributed by atoms with Crippen LogP contribution in [0, 0.1) is 0 Å². The molecule has 2 aromatic rings. The highest BCUT2D eigenvalue weighted by atomic mass is 32.2. The third kappa shape index (κ3) is 3.44. The topological polar surface area (TPSA) is 43.4 Å². The lowest BCUT2D eigenvalue weighted by Crippen LogP contribution is -2.44. The van der Waals surface area contributed by atoms with E-state index in [0.717, 1.165) is 47.1 Å². The van der Waals surface area contributed by atoms with Gasteiger partial charge in [0.05, 0.1) is 0 Å². The van der Waals surface area contributed by atoms with Gasteiger partial charge in [0.2, 0.25) is 8.32 Å². The largest absolute Gasteiger partial charge is 0.522 e. The minimum atomic E-state index is -5.66. The van der Waals surface area contributed by atoms with Gasteiger partial charge in [-0.05, 0) is 72.7 Å². The molecule has 0 spiro atoms. The van der Waals surface area contributed by atoms with Gasteiger partial charge in [0, 0.05) is 5.54 Å². The number of alkyl halides is 3. The Morgan fingerprint density at radius 3 is 2.40 bits per heavy atom. The van der Waals surface area contributed by atoms with Crippen molar-refractivity contribution in [3.8, 4) is 11.1 Å². The molecule has 0 bridgehead atoms. The second kappa shape index (κ2) is 7.07. The van der Waals surface area contributed by atoms with E-state index in [0.29, 0.717) is 0 Å². The number of rotatable bonds is 4. The van der Waals surface area contributed by atoms with Crippen molar-refractivity contribution >= 4 is 24.5 Å². The average molecular weight is 453 g/mol. The fourth-order valence-electron chi connectivity index (χ4n) is 4.97. The van der Waals surface area contributed by atoms with Crippen molar-refractivity contribution in [2.75, 3.05) is 0 Å². The van der Waals surface area contributed by atoms with Gasteiger partial charge >= 0.3 is 15.6 Å². The Bertz CT molecular complexity index is 1140. The Hall–Kier alpha value is -1.90. The van der Waals surface area contributed by atoms with Crippen LogP contribution in [0.1, 0.15) is 41.1 Å². The molecule has 0 aliphatic heterocycles. The standard InChI is InChI=1S/C22H23F3O3SSi/c1-14-12-18-19(21(14)30(2,3)28-29(26,27)22(23,24)25)13-16-10-7-11-17(16)20(18)15-8-5-4-6-9-15/h4-6,8-9,12-13,21H,7,10-11H2,1-3H3. The molecule has 1 atom stereocenters. The van der Waals surface area contributed by atoms with Crippen LogP contribution in [-0.4, -0.2) is 22.2 Å². The first-order chi connectivity index (χ1) is 13.9. The lowest BCUT2D eigenvalue weighted by molar-refractivity contribution is -0.0504. The van der Waals surface area contributed by atoms with Crippen molar-refractivity contribution in [1.29, 1.82) is 0 Å². The number of hydrogen-bond donors (Lipinski definition) is 0. The normalized spacial score (nSPS) is 18.9. The third-order valence-electron chi connectivity index (χ3n) is 5.98. The first-order valence-corrected chi connectivity index (χ1v) is 14.3. The monoisotopic (exact) mass is 452 g/mol. The molecule has 0 saturated heterocycles. The molecule has 1 unspecified atom stereocenters. The highest BCUT2D eigenvalue weighted by molar-refractivity contribution is 7.88. The summed E-state index contributed by atoms with van der Waals surface area (Å²) in [6.45, 7) is 4.94. The van der Waals surface area contributed by atoms with Crippen LogP contribution in [0.4, 0.5) is 13.2 Å². The molecule has 4 rings (SSSR count). The van der Waals surface area contributed by atoms with Gasteiger partial charge in [0.25, 0.3) is 0 Å². The van der Waals surface area contributed by atoms with Crippen LogP contribution in [0.5, 0.6) is 0 Å². The first kappa shape index (κ1) is 21.3. The summed E-state index contributed by atoms with van der Waals surface area (Å²) in [4.78, 5) is 0. The van der Waals surface area contributed by atoms with E-state index >= 15 is 0 Å². The van der Waals surface area contributed by atoms with Crippen molar-refractivity contribution in [2.24, 2.45) is 0 Å². The molecular formula is C22H23F3O3SSi. The van der Waals surface area contributed by atoms with E-state index in [1.54, 1.807) is 13.1 Å². The van der Waals surface area contributed by atoms with Gasteiger partial charge in [-0.15, -0.1) is 0 Å². The number of halogens is 3. The molecule has 0 amide bonds. The fraction of sp³-hybridized carbons (Fsp3) is 0.364. The smallest absolute Gasteiger partial charge is 0.307 e. The van der Waals surface area contributed by atoms with Crippen molar-refractivity contribution in [2.45, 2.75) is 50.3 Å². The lowest BCUT2D eigenvalue weighted by Gasteiger charge is -2.31. The highest BCUT2D eigenvalue weighted by Gasteiger charge is 2.53. The van der Waals surface area contributed by atoms with E-state index in [9.17, 15) is 21.6 Å². The second-order valence-corrected chi connectivity index (χ2v) is 14.3. The summed E-state index contributed by atoms with van der Waals surface area (Å²) in [5.41, 5.74) is 1.50. The van der Waals surface area contributed by atoms with Crippen LogP contribution in [0.2, 0.25) is 13.1 Å². The number of hydrogen-bond acceptors (Lipinski definition) is 3. The van der Waals surface area contributed by atoms with Crippen molar-refractivity contribution in [1.82, 2.24) is 0 Å². The Kier molecular flexibility index (Phi) is 5.03. The van der Waals surface area contributed by atoms with Crippen molar-refractivity contribution < 1.29 is 25.5 Å². The zero-order valence-electron chi connectivity index (χ0n) is 17.0. The van der Waals surface area contributed by atoms with Gasteiger partial charge in [-0.25, -0.2) is 0 Å². The summed E-state index contributed by atoms with van der Waals surface area (Å²) in [6, 6.07) is 12.0. The van der Waals surface area contributed by atoms with Crippen LogP contribution in [0.15, 0.2) is 42.0 Å². The molecule has 0 saturated carbocycles. The number of benzene rings is 2. The summed E-state index contributed by atoms with van der Waals surface area (Å²) in [6.07, 6.45) is 4.91. The van der Waals surface area contributed by atoms with E-state index in [4.69, 9.17) is 3.87 Å². The Balaban J connectivity index is 1.87. The molecule has 3 nitrogen and oxygen atoms in total. The maximum absolute atomic E-state index is 13.0. The Morgan fingerprint density at radius 2 is 1.77 bits per heavy atom. The summed E-state index contributed by atoms with van der Waals surface area (Å²) >= 11 is 0. The molecule has 8 heteroatoms. The molecule has 2 aliphatic carbocycles. The number of fused-ring (bicyclic) bond motifs is 2. The SMILES string of the molecule is CC1=Cc2c(cc3c(c2-c2ccccc2)CCC3)C1[Si](C)(C)OS(=O)(=O)C(F)(F)F. The van der Waals surface area contributed by atoms with Crippen LogP contribution in [0.3, 0.4) is 0 Å². The molecule has 160 valence electrons. The first-order valence-electron chi connectivity index (χ1n) is 9.86. The third-order valence-corrected chi connectivity index (χ3v) is 11.3. The van der Waals surface area contributed by atoms with Gasteiger partial charge in [0.15, 0.2) is 0 Å². The van der Waals surface area contributed by atoms with Crippen LogP contribution in [-0.2, 0) is 26.8 Å². The summed E-state index contributed by atoms with van der Waals surface area (Å²) < 4.78 is 67.5. The van der Waals surface area contributed by atoms with Gasteiger partial charge < -0.3 is 3.87 Å². The highest BCUT2D eigenvalue weighted by Crippen LogP contribution is 2.49. The predicted molar refractivity (Wildman–Crippen MR) is 114 cm³/mol. The molecule has 2 aliphatic rings. The summed E-state index contributed by atoms with van der Waals surface area (Å²) in [7, 11) is -9.02. The molecule has 0 fully saturated rings. The van der Waals surface area contributed by atoms with Crippen LogP contribution in [0.25, 0.3) is 17.2 Å². The van der Waals surface area contributed by atoms with Gasteiger partial charge in [-0.2, -0.15) is 21.6 Å². The van der Waals surface area contributed by atoms with E-state index in [2.05, 4.69) is 6.07 Å². The molecule has 0 aromatic heterocycles. The minimum Gasteiger partial charge on any atom is -0.307 e. The predicted octanol–water partition coefficient (Wildman–Crippen LogP) is 5.95. The number of aryl methyl sites for hydroxylation is 1. The zero-order valence-corrected chi connectivity index (χ0v) is 18.8. The van der Waals surface area contributed by atoms with Gasteiger partial charge in [-0.3, -0.25) is 0 Å². The molecular weight excluding hydrogens is 429 g/mol. The molecule has 2 aromatic carbocycles. The van der Waals surface area contributed by atoms with Crippen molar-refractivity contribution in [3.63, 3.8) is 0 Å². The van der Waals surface area contributed by atoms with E-state index < -0.39 is 29.5 Å². The molecule has 0 radical (unpaired) electrons. The summed E-state index contributed by atoms with van der Waals surface area (Å²) in [5, 5.41) is 0. The molecule has 0 heterocycles. The van der Waals surface area contributed by atoms with Crippen molar-refractivity contribution in [3.05, 3.63) is 64.2 Å². The van der Waals surface area contributed by atoms with E-state index in [-0.39, 0.29) is 0 Å². The maximum atomic E-state index is 13.0.